The second-order valence-electron chi connectivity index (χ2n) is 5.79. The molecule has 0 unspecified atom stereocenters. The normalized spacial score (nSPS) is 17.3. The Morgan fingerprint density at radius 2 is 1.85 bits per heavy atom. The summed E-state index contributed by atoms with van der Waals surface area (Å²) in [6, 6.07) is 4.10. The SMILES string of the molecule is CC1CC(=O)N(Cc2ccc(CNC(C)C)o2)C(=O)C1. The van der Waals surface area contributed by atoms with Crippen molar-refractivity contribution in [1.29, 1.82) is 0 Å². The molecule has 2 heterocycles. The summed E-state index contributed by atoms with van der Waals surface area (Å²) < 4.78 is 5.65. The molecular weight excluding hydrogens is 256 g/mol. The Kier molecular flexibility index (Phi) is 4.60. The van der Waals surface area contributed by atoms with Crippen molar-refractivity contribution >= 4 is 11.8 Å². The zero-order valence-corrected chi connectivity index (χ0v) is 12.3. The number of furan rings is 1. The van der Waals surface area contributed by atoms with E-state index < -0.39 is 0 Å². The fraction of sp³-hybridized carbons (Fsp3) is 0.600. The number of rotatable bonds is 5. The van der Waals surface area contributed by atoms with Crippen molar-refractivity contribution in [3.8, 4) is 0 Å². The number of carbonyl (C=O) groups is 2. The van der Waals surface area contributed by atoms with Gasteiger partial charge in [0.05, 0.1) is 13.1 Å². The molecule has 110 valence electrons. The number of hydrogen-bond donors (Lipinski definition) is 1. The number of piperidine rings is 1. The van der Waals surface area contributed by atoms with E-state index in [1.165, 1.54) is 4.90 Å². The smallest absolute Gasteiger partial charge is 0.229 e. The average Bonchev–Trinajstić information content (AvgIpc) is 2.79. The van der Waals surface area contributed by atoms with Crippen LogP contribution in [0.4, 0.5) is 0 Å². The number of likely N-dealkylation sites (tertiary alicyclic amines) is 1. The summed E-state index contributed by atoms with van der Waals surface area (Å²) in [5, 5.41) is 3.26. The minimum atomic E-state index is -0.105. The van der Waals surface area contributed by atoms with E-state index in [0.29, 0.717) is 31.2 Å². The second-order valence-corrected chi connectivity index (χ2v) is 5.79. The van der Waals surface area contributed by atoms with Crippen LogP contribution in [0.1, 0.15) is 45.1 Å². The molecule has 5 nitrogen and oxygen atoms in total. The van der Waals surface area contributed by atoms with Gasteiger partial charge in [0.1, 0.15) is 11.5 Å². The van der Waals surface area contributed by atoms with Crippen LogP contribution >= 0.6 is 0 Å². The van der Waals surface area contributed by atoms with E-state index in [-0.39, 0.29) is 24.3 Å². The summed E-state index contributed by atoms with van der Waals surface area (Å²) in [4.78, 5) is 25.1. The molecule has 0 saturated carbocycles. The first kappa shape index (κ1) is 14.8. The summed E-state index contributed by atoms with van der Waals surface area (Å²) in [6.07, 6.45) is 0.877. The molecule has 1 fully saturated rings. The van der Waals surface area contributed by atoms with Crippen molar-refractivity contribution in [2.45, 2.75) is 52.7 Å². The summed E-state index contributed by atoms with van der Waals surface area (Å²) >= 11 is 0. The van der Waals surface area contributed by atoms with Crippen LogP contribution in [0.15, 0.2) is 16.5 Å². The lowest BCUT2D eigenvalue weighted by Crippen LogP contribution is -2.42. The summed E-state index contributed by atoms with van der Waals surface area (Å²) in [6.45, 7) is 6.95. The third kappa shape index (κ3) is 3.70. The molecule has 1 N–H and O–H groups in total. The van der Waals surface area contributed by atoms with Crippen LogP contribution < -0.4 is 5.32 Å². The van der Waals surface area contributed by atoms with Gasteiger partial charge in [0, 0.05) is 18.9 Å². The number of hydrogen-bond acceptors (Lipinski definition) is 4. The van der Waals surface area contributed by atoms with Gasteiger partial charge in [-0.05, 0) is 18.1 Å². The zero-order chi connectivity index (χ0) is 14.7. The molecule has 0 aromatic carbocycles. The lowest BCUT2D eigenvalue weighted by Gasteiger charge is -2.27. The third-order valence-electron chi connectivity index (χ3n) is 3.36. The zero-order valence-electron chi connectivity index (χ0n) is 12.3. The number of nitrogens with one attached hydrogen (secondary N) is 1. The van der Waals surface area contributed by atoms with Gasteiger partial charge in [-0.2, -0.15) is 0 Å². The van der Waals surface area contributed by atoms with Crippen molar-refractivity contribution in [2.75, 3.05) is 0 Å². The standard InChI is InChI=1S/C15H22N2O3/c1-10(2)16-8-12-4-5-13(20-12)9-17-14(18)6-11(3)7-15(17)19/h4-5,10-11,16H,6-9H2,1-3H3. The van der Waals surface area contributed by atoms with Gasteiger partial charge < -0.3 is 9.73 Å². The molecule has 1 saturated heterocycles. The highest BCUT2D eigenvalue weighted by molar-refractivity contribution is 5.97. The van der Waals surface area contributed by atoms with Crippen LogP contribution in [0, 0.1) is 5.92 Å². The van der Waals surface area contributed by atoms with E-state index in [2.05, 4.69) is 19.2 Å². The lowest BCUT2D eigenvalue weighted by molar-refractivity contribution is -0.150. The largest absolute Gasteiger partial charge is 0.463 e. The minimum absolute atomic E-state index is 0.105. The number of imide groups is 1. The van der Waals surface area contributed by atoms with Gasteiger partial charge in [0.2, 0.25) is 11.8 Å². The highest BCUT2D eigenvalue weighted by Gasteiger charge is 2.30. The fourth-order valence-electron chi connectivity index (χ4n) is 2.27. The van der Waals surface area contributed by atoms with E-state index in [1.807, 2.05) is 19.1 Å². The minimum Gasteiger partial charge on any atom is -0.463 e. The quantitative estimate of drug-likeness (QED) is 0.837. The van der Waals surface area contributed by atoms with Gasteiger partial charge in [0.25, 0.3) is 0 Å². The van der Waals surface area contributed by atoms with Gasteiger partial charge in [-0.25, -0.2) is 0 Å². The molecule has 0 spiro atoms. The van der Waals surface area contributed by atoms with Crippen LogP contribution in [0.25, 0.3) is 0 Å². The molecule has 0 radical (unpaired) electrons. The van der Waals surface area contributed by atoms with Gasteiger partial charge >= 0.3 is 0 Å². The summed E-state index contributed by atoms with van der Waals surface area (Å²) in [5.74, 6) is 1.41. The maximum atomic E-state index is 11.9. The Hall–Kier alpha value is -1.62. The Morgan fingerprint density at radius 1 is 1.25 bits per heavy atom. The number of nitrogens with zero attached hydrogens (tertiary/aromatic N) is 1. The first-order valence-corrected chi connectivity index (χ1v) is 7.10. The molecule has 1 aromatic heterocycles. The third-order valence-corrected chi connectivity index (χ3v) is 3.36. The van der Waals surface area contributed by atoms with E-state index in [4.69, 9.17) is 4.42 Å². The average molecular weight is 278 g/mol. The van der Waals surface area contributed by atoms with Crippen LogP contribution in [0.2, 0.25) is 0 Å². The first-order chi connectivity index (χ1) is 9.45. The maximum Gasteiger partial charge on any atom is 0.229 e. The van der Waals surface area contributed by atoms with Crippen LogP contribution in [-0.2, 0) is 22.7 Å². The van der Waals surface area contributed by atoms with Gasteiger partial charge in [0.15, 0.2) is 0 Å². The molecule has 1 aromatic rings. The molecule has 0 atom stereocenters. The summed E-state index contributed by atoms with van der Waals surface area (Å²) in [5.41, 5.74) is 0. The van der Waals surface area contributed by atoms with E-state index >= 15 is 0 Å². The van der Waals surface area contributed by atoms with Gasteiger partial charge in [-0.15, -0.1) is 0 Å². The Balaban J connectivity index is 1.96. The molecule has 0 bridgehead atoms. The Labute approximate surface area is 119 Å². The monoisotopic (exact) mass is 278 g/mol. The number of carbonyl (C=O) groups excluding carboxylic acids is 2. The molecule has 0 aliphatic carbocycles. The van der Waals surface area contributed by atoms with Crippen molar-refractivity contribution in [3.05, 3.63) is 23.7 Å². The van der Waals surface area contributed by atoms with Crippen LogP contribution in [0.5, 0.6) is 0 Å². The predicted molar refractivity (Wildman–Crippen MR) is 74.6 cm³/mol. The van der Waals surface area contributed by atoms with Crippen LogP contribution in [0.3, 0.4) is 0 Å². The molecule has 1 aliphatic rings. The molecular formula is C15H22N2O3. The van der Waals surface area contributed by atoms with Crippen LogP contribution in [-0.4, -0.2) is 22.8 Å². The molecule has 2 amide bonds. The maximum absolute atomic E-state index is 11.9. The Bertz CT molecular complexity index is 475. The highest BCUT2D eigenvalue weighted by atomic mass is 16.3. The lowest BCUT2D eigenvalue weighted by atomic mass is 9.98. The van der Waals surface area contributed by atoms with E-state index in [0.717, 1.165) is 5.76 Å². The molecule has 20 heavy (non-hydrogen) atoms. The predicted octanol–water partition coefficient (Wildman–Crippen LogP) is 2.06. The van der Waals surface area contributed by atoms with E-state index in [9.17, 15) is 9.59 Å². The fourth-order valence-corrected chi connectivity index (χ4v) is 2.27. The summed E-state index contributed by atoms with van der Waals surface area (Å²) in [7, 11) is 0. The van der Waals surface area contributed by atoms with Gasteiger partial charge in [-0.3, -0.25) is 14.5 Å². The second kappa shape index (κ2) is 6.22. The molecule has 5 heteroatoms. The van der Waals surface area contributed by atoms with Crippen molar-refractivity contribution in [2.24, 2.45) is 5.92 Å². The highest BCUT2D eigenvalue weighted by Crippen LogP contribution is 2.21. The van der Waals surface area contributed by atoms with Crippen molar-refractivity contribution in [3.63, 3.8) is 0 Å². The molecule has 1 aliphatic heterocycles. The number of amides is 2. The van der Waals surface area contributed by atoms with Crippen molar-refractivity contribution < 1.29 is 14.0 Å². The van der Waals surface area contributed by atoms with Gasteiger partial charge in [-0.1, -0.05) is 20.8 Å². The van der Waals surface area contributed by atoms with Crippen molar-refractivity contribution in [1.82, 2.24) is 10.2 Å². The topological polar surface area (TPSA) is 62.6 Å². The molecule has 2 rings (SSSR count). The van der Waals surface area contributed by atoms with E-state index in [1.54, 1.807) is 0 Å². The Morgan fingerprint density at radius 3 is 2.45 bits per heavy atom. The first-order valence-electron chi connectivity index (χ1n) is 7.10.